The van der Waals surface area contributed by atoms with Gasteiger partial charge in [-0.1, -0.05) is 34.1 Å². The van der Waals surface area contributed by atoms with Crippen LogP contribution in [0.3, 0.4) is 0 Å². The van der Waals surface area contributed by atoms with E-state index in [4.69, 9.17) is 4.42 Å². The summed E-state index contributed by atoms with van der Waals surface area (Å²) in [6, 6.07) is 15.6. The van der Waals surface area contributed by atoms with Crippen molar-refractivity contribution in [1.82, 2.24) is 9.21 Å². The maximum Gasteiger partial charge on any atom is 0.336 e. The molecule has 1 aliphatic heterocycles. The molecule has 1 saturated heterocycles. The zero-order valence-corrected chi connectivity index (χ0v) is 17.4. The van der Waals surface area contributed by atoms with E-state index in [9.17, 15) is 13.2 Å². The molecule has 0 unspecified atom stereocenters. The first kappa shape index (κ1) is 19.3. The van der Waals surface area contributed by atoms with Crippen LogP contribution in [0.1, 0.15) is 5.56 Å². The lowest BCUT2D eigenvalue weighted by atomic mass is 10.1. The number of halogens is 1. The maximum absolute atomic E-state index is 12.8. The minimum atomic E-state index is -3.47. The Morgan fingerprint density at radius 1 is 0.964 bits per heavy atom. The van der Waals surface area contributed by atoms with Crippen LogP contribution in [0.15, 0.2) is 73.2 Å². The molecule has 0 radical (unpaired) electrons. The van der Waals surface area contributed by atoms with Gasteiger partial charge < -0.3 is 4.42 Å². The molecule has 0 amide bonds. The fraction of sp³-hybridized carbons (Fsp3) is 0.250. The molecule has 8 heteroatoms. The number of nitrogens with zero attached hydrogens (tertiary/aromatic N) is 2. The van der Waals surface area contributed by atoms with Crippen LogP contribution in [0.25, 0.3) is 11.0 Å². The Kier molecular flexibility index (Phi) is 5.37. The van der Waals surface area contributed by atoms with Gasteiger partial charge in [-0.2, -0.15) is 4.31 Å². The Balaban J connectivity index is 1.50. The fourth-order valence-electron chi connectivity index (χ4n) is 3.44. The molecule has 146 valence electrons. The molecule has 3 aromatic rings. The van der Waals surface area contributed by atoms with E-state index in [0.717, 1.165) is 15.4 Å². The molecule has 0 bridgehead atoms. The molecule has 0 saturated carbocycles. The van der Waals surface area contributed by atoms with Crippen LogP contribution in [0.2, 0.25) is 0 Å². The van der Waals surface area contributed by atoms with Crippen molar-refractivity contribution in [3.8, 4) is 0 Å². The smallest absolute Gasteiger partial charge is 0.336 e. The van der Waals surface area contributed by atoms with E-state index in [2.05, 4.69) is 20.8 Å². The molecule has 2 heterocycles. The lowest BCUT2D eigenvalue weighted by Gasteiger charge is -2.34. The highest BCUT2D eigenvalue weighted by molar-refractivity contribution is 9.10. The van der Waals surface area contributed by atoms with Crippen molar-refractivity contribution in [2.45, 2.75) is 11.4 Å². The van der Waals surface area contributed by atoms with Crippen LogP contribution in [0, 0.1) is 0 Å². The third-order valence-electron chi connectivity index (χ3n) is 4.90. The quantitative estimate of drug-likeness (QED) is 0.557. The van der Waals surface area contributed by atoms with Gasteiger partial charge in [-0.15, -0.1) is 0 Å². The Bertz CT molecular complexity index is 1150. The lowest BCUT2D eigenvalue weighted by molar-refractivity contribution is 0.182. The first-order valence-electron chi connectivity index (χ1n) is 8.93. The molecule has 2 aromatic carbocycles. The molecule has 1 aliphatic rings. The molecule has 1 aromatic heterocycles. The van der Waals surface area contributed by atoms with Gasteiger partial charge in [0.1, 0.15) is 5.58 Å². The minimum absolute atomic E-state index is 0.320. The van der Waals surface area contributed by atoms with Crippen molar-refractivity contribution < 1.29 is 12.8 Å². The third kappa shape index (κ3) is 3.91. The highest BCUT2D eigenvalue weighted by atomic mass is 79.9. The summed E-state index contributed by atoms with van der Waals surface area (Å²) in [7, 11) is -3.47. The molecular weight excluding hydrogens is 444 g/mol. The van der Waals surface area contributed by atoms with Gasteiger partial charge in [0.2, 0.25) is 10.0 Å². The van der Waals surface area contributed by atoms with Gasteiger partial charge in [0, 0.05) is 48.6 Å². The van der Waals surface area contributed by atoms with Crippen LogP contribution >= 0.6 is 15.9 Å². The minimum Gasteiger partial charge on any atom is -0.423 e. The van der Waals surface area contributed by atoms with E-state index in [0.29, 0.717) is 43.2 Å². The zero-order chi connectivity index (χ0) is 19.7. The van der Waals surface area contributed by atoms with Gasteiger partial charge in [-0.05, 0) is 35.9 Å². The summed E-state index contributed by atoms with van der Waals surface area (Å²) in [5, 5.41) is 0.891. The van der Waals surface area contributed by atoms with Crippen molar-refractivity contribution in [3.05, 3.63) is 75.1 Å². The van der Waals surface area contributed by atoms with Crippen molar-refractivity contribution in [3.63, 3.8) is 0 Å². The van der Waals surface area contributed by atoms with E-state index in [1.807, 2.05) is 12.1 Å². The standard InChI is InChI=1S/C20H19BrN2O4S/c21-16-6-7-18-15(12-20(24)27-19(18)13-16)14-22-8-10-23(11-9-22)28(25,26)17-4-2-1-3-5-17/h1-7,12-13H,8-11,14H2. The van der Waals surface area contributed by atoms with E-state index in [1.165, 1.54) is 10.4 Å². The second-order valence-corrected chi connectivity index (χ2v) is 9.58. The molecule has 4 rings (SSSR count). The Labute approximate surface area is 171 Å². The van der Waals surface area contributed by atoms with Crippen LogP contribution in [-0.4, -0.2) is 43.8 Å². The number of piperazine rings is 1. The Morgan fingerprint density at radius 2 is 1.68 bits per heavy atom. The number of benzene rings is 2. The average molecular weight is 463 g/mol. The van der Waals surface area contributed by atoms with Gasteiger partial charge in [0.05, 0.1) is 4.90 Å². The fourth-order valence-corrected chi connectivity index (χ4v) is 5.23. The molecule has 0 spiro atoms. The number of hydrogen-bond acceptors (Lipinski definition) is 5. The van der Waals surface area contributed by atoms with E-state index in [1.54, 1.807) is 36.4 Å². The van der Waals surface area contributed by atoms with Gasteiger partial charge in [-0.3, -0.25) is 4.90 Å². The second kappa shape index (κ2) is 7.79. The second-order valence-electron chi connectivity index (χ2n) is 6.72. The highest BCUT2D eigenvalue weighted by Crippen LogP contribution is 2.24. The maximum atomic E-state index is 12.8. The summed E-state index contributed by atoms with van der Waals surface area (Å²) in [5.41, 5.74) is 1.05. The molecule has 1 fully saturated rings. The van der Waals surface area contributed by atoms with Crippen LogP contribution in [0.4, 0.5) is 0 Å². The molecule has 0 aliphatic carbocycles. The largest absolute Gasteiger partial charge is 0.423 e. The lowest BCUT2D eigenvalue weighted by Crippen LogP contribution is -2.48. The predicted molar refractivity (Wildman–Crippen MR) is 111 cm³/mol. The van der Waals surface area contributed by atoms with E-state index >= 15 is 0 Å². The first-order valence-corrected chi connectivity index (χ1v) is 11.2. The van der Waals surface area contributed by atoms with Crippen LogP contribution in [-0.2, 0) is 16.6 Å². The van der Waals surface area contributed by atoms with Crippen molar-refractivity contribution >= 4 is 36.9 Å². The van der Waals surface area contributed by atoms with Crippen LogP contribution in [0.5, 0.6) is 0 Å². The van der Waals surface area contributed by atoms with Gasteiger partial charge in [-0.25, -0.2) is 13.2 Å². The summed E-state index contributed by atoms with van der Waals surface area (Å²) in [6.07, 6.45) is 0. The third-order valence-corrected chi connectivity index (χ3v) is 7.30. The van der Waals surface area contributed by atoms with E-state index in [-0.39, 0.29) is 5.63 Å². The summed E-state index contributed by atoms with van der Waals surface area (Å²) in [4.78, 5) is 14.4. The van der Waals surface area contributed by atoms with Crippen molar-refractivity contribution in [1.29, 1.82) is 0 Å². The zero-order valence-electron chi connectivity index (χ0n) is 15.0. The number of sulfonamides is 1. The van der Waals surface area contributed by atoms with E-state index < -0.39 is 10.0 Å². The molecule has 0 N–H and O–H groups in total. The Hall–Kier alpha value is -2.00. The molecule has 28 heavy (non-hydrogen) atoms. The van der Waals surface area contributed by atoms with Gasteiger partial charge >= 0.3 is 5.63 Å². The number of rotatable bonds is 4. The molecular formula is C20H19BrN2O4S. The van der Waals surface area contributed by atoms with Crippen molar-refractivity contribution in [2.24, 2.45) is 0 Å². The summed E-state index contributed by atoms with van der Waals surface area (Å²) in [6.45, 7) is 2.61. The summed E-state index contributed by atoms with van der Waals surface area (Å²) < 4.78 is 33.2. The van der Waals surface area contributed by atoms with Gasteiger partial charge in [0.15, 0.2) is 0 Å². The normalized spacial score (nSPS) is 16.5. The predicted octanol–water partition coefficient (Wildman–Crippen LogP) is 3.06. The molecule has 6 nitrogen and oxygen atoms in total. The van der Waals surface area contributed by atoms with Crippen molar-refractivity contribution in [2.75, 3.05) is 26.2 Å². The SMILES string of the molecule is O=c1cc(CN2CCN(S(=O)(=O)c3ccccc3)CC2)c2ccc(Br)cc2o1. The summed E-state index contributed by atoms with van der Waals surface area (Å²) >= 11 is 3.39. The number of fused-ring (bicyclic) bond motifs is 1. The monoisotopic (exact) mass is 462 g/mol. The molecule has 0 atom stereocenters. The number of hydrogen-bond donors (Lipinski definition) is 0. The first-order chi connectivity index (χ1) is 13.4. The highest BCUT2D eigenvalue weighted by Gasteiger charge is 2.28. The Morgan fingerprint density at radius 3 is 2.39 bits per heavy atom. The van der Waals surface area contributed by atoms with Crippen LogP contribution < -0.4 is 5.63 Å². The topological polar surface area (TPSA) is 70.8 Å². The average Bonchev–Trinajstić information content (AvgIpc) is 2.68. The van der Waals surface area contributed by atoms with Gasteiger partial charge in [0.25, 0.3) is 0 Å². The summed E-state index contributed by atoms with van der Waals surface area (Å²) in [5.74, 6) is 0.